The Labute approximate surface area is 82.2 Å². The maximum Gasteiger partial charge on any atom is 0.186 e. The SMILES string of the molecule is O=S(O)C1O[C@H](CO)[C@@H](O)[C@H](O)[C@H]1O. The van der Waals surface area contributed by atoms with Gasteiger partial charge in [-0.1, -0.05) is 0 Å². The van der Waals surface area contributed by atoms with E-state index in [9.17, 15) is 19.5 Å². The second-order valence-corrected chi connectivity index (χ2v) is 3.99. The first kappa shape index (κ1) is 12.0. The van der Waals surface area contributed by atoms with Crippen LogP contribution in [0.2, 0.25) is 0 Å². The van der Waals surface area contributed by atoms with E-state index in [2.05, 4.69) is 0 Å². The molecule has 1 saturated heterocycles. The summed E-state index contributed by atoms with van der Waals surface area (Å²) in [7, 11) is 0. The van der Waals surface area contributed by atoms with Gasteiger partial charge in [-0.3, -0.25) is 0 Å². The molecule has 0 spiro atoms. The summed E-state index contributed by atoms with van der Waals surface area (Å²) in [5, 5.41) is 36.4. The van der Waals surface area contributed by atoms with E-state index in [0.29, 0.717) is 0 Å². The maximum atomic E-state index is 10.6. The number of ether oxygens (including phenoxy) is 1. The van der Waals surface area contributed by atoms with Crippen molar-refractivity contribution in [1.29, 1.82) is 0 Å². The molecule has 0 saturated carbocycles. The highest BCUT2D eigenvalue weighted by Gasteiger charge is 2.45. The smallest absolute Gasteiger partial charge is 0.186 e. The lowest BCUT2D eigenvalue weighted by molar-refractivity contribution is -0.207. The van der Waals surface area contributed by atoms with E-state index < -0.39 is 47.5 Å². The van der Waals surface area contributed by atoms with Crippen molar-refractivity contribution in [2.24, 2.45) is 0 Å². The highest BCUT2D eigenvalue weighted by molar-refractivity contribution is 7.79. The summed E-state index contributed by atoms with van der Waals surface area (Å²) in [6.45, 7) is -0.612. The van der Waals surface area contributed by atoms with Crippen molar-refractivity contribution in [1.82, 2.24) is 0 Å². The summed E-state index contributed by atoms with van der Waals surface area (Å²) in [6, 6.07) is 0. The molecule has 1 aliphatic heterocycles. The van der Waals surface area contributed by atoms with Gasteiger partial charge in [-0.25, -0.2) is 4.21 Å². The largest absolute Gasteiger partial charge is 0.394 e. The van der Waals surface area contributed by atoms with Gasteiger partial charge in [0.2, 0.25) is 0 Å². The van der Waals surface area contributed by atoms with Crippen LogP contribution in [-0.4, -0.2) is 65.6 Å². The standard InChI is InChI=1S/C6H12O7S/c7-1-2-3(8)4(9)5(10)6(13-2)14(11)12/h2-10H,1H2,(H,11,12)/t2-,3-,4+,5-,6?/m1/s1. The third-order valence-corrected chi connectivity index (χ3v) is 2.83. The van der Waals surface area contributed by atoms with Crippen molar-refractivity contribution in [3.63, 3.8) is 0 Å². The molecule has 0 radical (unpaired) electrons. The van der Waals surface area contributed by atoms with E-state index in [4.69, 9.17) is 14.4 Å². The minimum atomic E-state index is -2.49. The first-order valence-electron chi connectivity index (χ1n) is 3.89. The van der Waals surface area contributed by atoms with E-state index in [0.717, 1.165) is 0 Å². The number of aliphatic hydroxyl groups is 4. The molecule has 0 aromatic carbocycles. The van der Waals surface area contributed by atoms with Gasteiger partial charge in [-0.2, -0.15) is 0 Å². The topological polar surface area (TPSA) is 127 Å². The normalized spacial score (nSPS) is 46.2. The van der Waals surface area contributed by atoms with E-state index >= 15 is 0 Å². The lowest BCUT2D eigenvalue weighted by Gasteiger charge is -2.38. The van der Waals surface area contributed by atoms with Gasteiger partial charge in [0.25, 0.3) is 0 Å². The quantitative estimate of drug-likeness (QED) is 0.319. The average molecular weight is 228 g/mol. The van der Waals surface area contributed by atoms with Crippen molar-refractivity contribution in [3.05, 3.63) is 0 Å². The molecular formula is C6H12O7S. The molecule has 6 atom stereocenters. The fourth-order valence-corrected chi connectivity index (χ4v) is 1.87. The maximum absolute atomic E-state index is 10.6. The molecule has 0 bridgehead atoms. The molecule has 1 fully saturated rings. The van der Waals surface area contributed by atoms with Crippen LogP contribution >= 0.6 is 0 Å². The van der Waals surface area contributed by atoms with Crippen LogP contribution in [0.1, 0.15) is 0 Å². The Morgan fingerprint density at radius 1 is 1.14 bits per heavy atom. The Morgan fingerprint density at radius 3 is 2.14 bits per heavy atom. The molecule has 0 aromatic heterocycles. The van der Waals surface area contributed by atoms with E-state index in [-0.39, 0.29) is 0 Å². The molecule has 84 valence electrons. The van der Waals surface area contributed by atoms with Gasteiger partial charge in [-0.15, -0.1) is 0 Å². The van der Waals surface area contributed by atoms with Crippen LogP contribution < -0.4 is 0 Å². The van der Waals surface area contributed by atoms with Crippen LogP contribution in [0.5, 0.6) is 0 Å². The molecule has 2 unspecified atom stereocenters. The Kier molecular flexibility index (Phi) is 3.95. The third kappa shape index (κ3) is 2.11. The molecule has 14 heavy (non-hydrogen) atoms. The van der Waals surface area contributed by atoms with Gasteiger partial charge in [0.05, 0.1) is 6.61 Å². The Balaban J connectivity index is 2.78. The minimum Gasteiger partial charge on any atom is -0.394 e. The van der Waals surface area contributed by atoms with Crippen LogP contribution in [0.25, 0.3) is 0 Å². The number of hydrogen-bond acceptors (Lipinski definition) is 6. The monoisotopic (exact) mass is 228 g/mol. The predicted molar refractivity (Wildman–Crippen MR) is 44.5 cm³/mol. The van der Waals surface area contributed by atoms with Gasteiger partial charge >= 0.3 is 0 Å². The lowest BCUT2D eigenvalue weighted by atomic mass is 10.0. The summed E-state index contributed by atoms with van der Waals surface area (Å²) in [4.78, 5) is 0. The van der Waals surface area contributed by atoms with Crippen molar-refractivity contribution >= 4 is 11.1 Å². The summed E-state index contributed by atoms with van der Waals surface area (Å²) in [5.74, 6) is 0. The zero-order valence-electron chi connectivity index (χ0n) is 7.05. The van der Waals surface area contributed by atoms with E-state index in [1.54, 1.807) is 0 Å². The molecular weight excluding hydrogens is 216 g/mol. The average Bonchev–Trinajstić information content (AvgIpc) is 2.14. The van der Waals surface area contributed by atoms with Gasteiger partial charge in [0, 0.05) is 0 Å². The molecule has 0 aromatic rings. The predicted octanol–water partition coefficient (Wildman–Crippen LogP) is -2.99. The molecule has 0 amide bonds. The van der Waals surface area contributed by atoms with Crippen LogP contribution in [0.3, 0.4) is 0 Å². The zero-order valence-corrected chi connectivity index (χ0v) is 7.87. The van der Waals surface area contributed by atoms with E-state index in [1.165, 1.54) is 0 Å². The molecule has 5 N–H and O–H groups in total. The summed E-state index contributed by atoms with van der Waals surface area (Å²) in [6.07, 6.45) is -5.91. The molecule has 7 nitrogen and oxygen atoms in total. The fourth-order valence-electron chi connectivity index (χ4n) is 1.23. The van der Waals surface area contributed by atoms with Gasteiger partial charge in [0.15, 0.2) is 16.5 Å². The first-order chi connectivity index (χ1) is 6.49. The summed E-state index contributed by atoms with van der Waals surface area (Å²) in [5.41, 5.74) is -1.52. The van der Waals surface area contributed by atoms with Crippen molar-refractivity contribution in [2.75, 3.05) is 6.61 Å². The van der Waals surface area contributed by atoms with Crippen molar-refractivity contribution in [3.8, 4) is 0 Å². The second-order valence-electron chi connectivity index (χ2n) is 2.97. The number of aliphatic hydroxyl groups excluding tert-OH is 4. The number of rotatable bonds is 2. The molecule has 8 heteroatoms. The molecule has 1 aliphatic rings. The Hall–Kier alpha value is -0.0900. The molecule has 1 heterocycles. The lowest BCUT2D eigenvalue weighted by Crippen LogP contribution is -2.59. The summed E-state index contributed by atoms with van der Waals surface area (Å²) >= 11 is -2.49. The first-order valence-corrected chi connectivity index (χ1v) is 5.06. The number of hydrogen-bond donors (Lipinski definition) is 5. The summed E-state index contributed by atoms with van der Waals surface area (Å²) < 4.78 is 24.0. The van der Waals surface area contributed by atoms with Crippen LogP contribution in [-0.2, 0) is 15.8 Å². The van der Waals surface area contributed by atoms with Gasteiger partial charge in [-0.05, 0) is 0 Å². The van der Waals surface area contributed by atoms with E-state index in [1.807, 2.05) is 0 Å². The molecule has 0 aliphatic carbocycles. The second kappa shape index (κ2) is 4.62. The molecule has 1 rings (SSSR count). The van der Waals surface area contributed by atoms with Crippen LogP contribution in [0, 0.1) is 0 Å². The minimum absolute atomic E-state index is 0.612. The Morgan fingerprint density at radius 2 is 1.71 bits per heavy atom. The van der Waals surface area contributed by atoms with Gasteiger partial charge < -0.3 is 29.7 Å². The van der Waals surface area contributed by atoms with Gasteiger partial charge in [0.1, 0.15) is 24.4 Å². The third-order valence-electron chi connectivity index (χ3n) is 2.05. The highest BCUT2D eigenvalue weighted by Crippen LogP contribution is 2.22. The van der Waals surface area contributed by atoms with Crippen LogP contribution in [0.4, 0.5) is 0 Å². The van der Waals surface area contributed by atoms with Crippen molar-refractivity contribution in [2.45, 2.75) is 29.9 Å². The Bertz CT molecular complexity index is 220. The fraction of sp³-hybridized carbons (Fsp3) is 1.00. The highest BCUT2D eigenvalue weighted by atomic mass is 32.2. The van der Waals surface area contributed by atoms with Crippen molar-refractivity contribution < 1.29 is 33.9 Å². The zero-order chi connectivity index (χ0) is 10.9. The van der Waals surface area contributed by atoms with Crippen LogP contribution in [0.15, 0.2) is 0 Å².